The van der Waals surface area contributed by atoms with Gasteiger partial charge in [-0.05, 0) is 12.1 Å². The van der Waals surface area contributed by atoms with Crippen LogP contribution in [-0.2, 0) is 4.79 Å². The fourth-order valence-electron chi connectivity index (χ4n) is 2.07. The predicted molar refractivity (Wildman–Crippen MR) is 81.3 cm³/mol. The molecule has 0 bridgehead atoms. The predicted octanol–water partition coefficient (Wildman–Crippen LogP) is 1.90. The summed E-state index contributed by atoms with van der Waals surface area (Å²) < 4.78 is 11.3. The highest BCUT2D eigenvalue weighted by atomic mass is 35.5. The van der Waals surface area contributed by atoms with Crippen molar-refractivity contribution in [1.29, 1.82) is 0 Å². The highest BCUT2D eigenvalue weighted by Gasteiger charge is 2.26. The molecule has 1 aromatic carbocycles. The van der Waals surface area contributed by atoms with Crippen LogP contribution in [0.4, 0.5) is 5.69 Å². The summed E-state index contributed by atoms with van der Waals surface area (Å²) in [5, 5.41) is 9.10. The van der Waals surface area contributed by atoms with Gasteiger partial charge >= 0.3 is 0 Å². The van der Waals surface area contributed by atoms with Gasteiger partial charge in [0.2, 0.25) is 5.91 Å². The number of rotatable bonds is 5. The van der Waals surface area contributed by atoms with E-state index in [2.05, 4.69) is 0 Å². The number of hydrogen-bond acceptors (Lipinski definition) is 4. The summed E-state index contributed by atoms with van der Waals surface area (Å²) in [7, 11) is 1.73. The molecule has 0 spiro atoms. The maximum atomic E-state index is 12.1. The van der Waals surface area contributed by atoms with Gasteiger partial charge in [-0.2, -0.15) is 0 Å². The number of anilines is 1. The zero-order chi connectivity index (χ0) is 15.4. The molecule has 6 heteroatoms. The molecule has 0 aromatic heterocycles. The molecule has 2 atom stereocenters. The lowest BCUT2D eigenvalue weighted by atomic mass is 10.1. The largest absolute Gasteiger partial charge is 0.493 e. The third-order valence-corrected chi connectivity index (χ3v) is 3.93. The van der Waals surface area contributed by atoms with E-state index in [-0.39, 0.29) is 24.3 Å². The number of fused-ring (bicyclic) bond motifs is 1. The van der Waals surface area contributed by atoms with Crippen molar-refractivity contribution >= 4 is 23.2 Å². The fourth-order valence-corrected chi connectivity index (χ4v) is 2.25. The van der Waals surface area contributed by atoms with E-state index in [9.17, 15) is 4.79 Å². The topological polar surface area (TPSA) is 59.0 Å². The van der Waals surface area contributed by atoms with Gasteiger partial charge in [0.1, 0.15) is 11.5 Å². The zero-order valence-electron chi connectivity index (χ0n) is 12.2. The summed E-state index contributed by atoms with van der Waals surface area (Å²) in [6.45, 7) is 2.52. The second-order valence-electron chi connectivity index (χ2n) is 5.25. The first-order valence-electron chi connectivity index (χ1n) is 6.90. The van der Waals surface area contributed by atoms with Crippen molar-refractivity contribution in [3.63, 3.8) is 0 Å². The number of halogens is 1. The monoisotopic (exact) mass is 313 g/mol. The number of nitrogens with zero attached hydrogens (tertiary/aromatic N) is 1. The highest BCUT2D eigenvalue weighted by Crippen LogP contribution is 2.35. The molecule has 116 valence electrons. The summed E-state index contributed by atoms with van der Waals surface area (Å²) in [4.78, 5) is 13.7. The maximum Gasteiger partial charge on any atom is 0.233 e. The van der Waals surface area contributed by atoms with Crippen LogP contribution in [0.5, 0.6) is 11.5 Å². The third kappa shape index (κ3) is 3.60. The van der Waals surface area contributed by atoms with E-state index in [1.165, 1.54) is 0 Å². The Kier molecular flexibility index (Phi) is 5.31. The summed E-state index contributed by atoms with van der Waals surface area (Å²) >= 11 is 5.72. The summed E-state index contributed by atoms with van der Waals surface area (Å²) in [5.41, 5.74) is 0.688. The van der Waals surface area contributed by atoms with Crippen molar-refractivity contribution in [2.45, 2.75) is 6.92 Å². The third-order valence-electron chi connectivity index (χ3n) is 3.49. The molecular formula is C15H20ClNO4. The van der Waals surface area contributed by atoms with E-state index >= 15 is 0 Å². The molecule has 2 rings (SSSR count). The number of amides is 1. The molecule has 0 saturated heterocycles. The van der Waals surface area contributed by atoms with Gasteiger partial charge < -0.3 is 19.5 Å². The van der Waals surface area contributed by atoms with Crippen molar-refractivity contribution in [1.82, 2.24) is 0 Å². The van der Waals surface area contributed by atoms with Gasteiger partial charge in [-0.3, -0.25) is 4.79 Å². The Morgan fingerprint density at radius 3 is 3.00 bits per heavy atom. The smallest absolute Gasteiger partial charge is 0.233 e. The van der Waals surface area contributed by atoms with Gasteiger partial charge in [-0.25, -0.2) is 0 Å². The van der Waals surface area contributed by atoms with Gasteiger partial charge in [0, 0.05) is 24.9 Å². The van der Waals surface area contributed by atoms with E-state index in [0.29, 0.717) is 36.3 Å². The Hall–Kier alpha value is -1.46. The van der Waals surface area contributed by atoms with Crippen molar-refractivity contribution < 1.29 is 19.4 Å². The van der Waals surface area contributed by atoms with E-state index < -0.39 is 0 Å². The van der Waals surface area contributed by atoms with Gasteiger partial charge in [0.15, 0.2) is 0 Å². The molecule has 1 heterocycles. The number of carbonyl (C=O) groups excluding carboxylic acids is 1. The lowest BCUT2D eigenvalue weighted by Gasteiger charge is -2.19. The van der Waals surface area contributed by atoms with Crippen molar-refractivity contribution in [2.24, 2.45) is 11.8 Å². The second-order valence-corrected chi connectivity index (χ2v) is 5.56. The first-order chi connectivity index (χ1) is 10.1. The molecule has 1 N–H and O–H groups in total. The molecule has 0 fully saturated rings. The molecule has 1 aliphatic rings. The molecular weight excluding hydrogens is 294 g/mol. The number of carbonyl (C=O) groups is 1. The van der Waals surface area contributed by atoms with Crippen molar-refractivity contribution in [2.75, 3.05) is 37.6 Å². The van der Waals surface area contributed by atoms with E-state index in [4.69, 9.17) is 26.2 Å². The molecule has 0 saturated carbocycles. The van der Waals surface area contributed by atoms with Crippen LogP contribution in [0, 0.1) is 11.8 Å². The van der Waals surface area contributed by atoms with Gasteiger partial charge in [0.05, 0.1) is 31.4 Å². The Balaban J connectivity index is 2.16. The fraction of sp³-hybridized carbons (Fsp3) is 0.533. The van der Waals surface area contributed by atoms with E-state index in [0.717, 1.165) is 0 Å². The zero-order valence-corrected chi connectivity index (χ0v) is 13.0. The van der Waals surface area contributed by atoms with Crippen LogP contribution in [0.25, 0.3) is 0 Å². The van der Waals surface area contributed by atoms with Crippen molar-refractivity contribution in [3.05, 3.63) is 18.2 Å². The highest BCUT2D eigenvalue weighted by molar-refractivity contribution is 6.18. The Morgan fingerprint density at radius 2 is 2.33 bits per heavy atom. The molecule has 0 aliphatic carbocycles. The van der Waals surface area contributed by atoms with Crippen LogP contribution in [0.1, 0.15) is 6.92 Å². The van der Waals surface area contributed by atoms with Gasteiger partial charge in [-0.15, -0.1) is 11.6 Å². The minimum absolute atomic E-state index is 0.0138. The summed E-state index contributed by atoms with van der Waals surface area (Å²) in [6.07, 6.45) is 0. The van der Waals surface area contributed by atoms with Crippen LogP contribution < -0.4 is 14.4 Å². The maximum absolute atomic E-state index is 12.1. The molecule has 21 heavy (non-hydrogen) atoms. The van der Waals surface area contributed by atoms with Gasteiger partial charge in [-0.1, -0.05) is 6.92 Å². The number of ether oxygens (including phenoxy) is 2. The first kappa shape index (κ1) is 15.9. The summed E-state index contributed by atoms with van der Waals surface area (Å²) in [6, 6.07) is 5.35. The molecule has 1 aliphatic heterocycles. The normalized spacial score (nSPS) is 19.5. The Bertz CT molecular complexity index is 504. The minimum Gasteiger partial charge on any atom is -0.493 e. The van der Waals surface area contributed by atoms with Crippen LogP contribution >= 0.6 is 11.6 Å². The van der Waals surface area contributed by atoms with Crippen LogP contribution in [0.3, 0.4) is 0 Å². The van der Waals surface area contributed by atoms with Crippen LogP contribution in [-0.4, -0.2) is 43.8 Å². The van der Waals surface area contributed by atoms with Gasteiger partial charge in [0.25, 0.3) is 0 Å². The lowest BCUT2D eigenvalue weighted by molar-refractivity contribution is -0.122. The van der Waals surface area contributed by atoms with E-state index in [1.54, 1.807) is 30.1 Å². The quantitative estimate of drug-likeness (QED) is 0.844. The molecule has 0 radical (unpaired) electrons. The molecule has 1 unspecified atom stereocenters. The van der Waals surface area contributed by atoms with Crippen LogP contribution in [0.15, 0.2) is 18.2 Å². The number of alkyl halides is 1. The number of hydrogen-bond donors (Lipinski definition) is 1. The van der Waals surface area contributed by atoms with Crippen molar-refractivity contribution in [3.8, 4) is 11.5 Å². The number of benzene rings is 1. The van der Waals surface area contributed by atoms with Crippen LogP contribution in [0.2, 0.25) is 0 Å². The van der Waals surface area contributed by atoms with E-state index in [1.807, 2.05) is 6.92 Å². The Labute approximate surface area is 129 Å². The molecule has 5 nitrogen and oxygen atoms in total. The molecule has 1 aromatic rings. The Morgan fingerprint density at radius 1 is 1.57 bits per heavy atom. The average Bonchev–Trinajstić information content (AvgIpc) is 2.61. The average molecular weight is 314 g/mol. The number of aliphatic hydroxyl groups excluding tert-OH is 1. The molecule has 1 amide bonds. The first-order valence-corrected chi connectivity index (χ1v) is 7.44. The second kappa shape index (κ2) is 7.00. The summed E-state index contributed by atoms with van der Waals surface area (Å²) in [5.74, 6) is 1.34. The minimum atomic E-state index is -0.179. The lowest BCUT2D eigenvalue weighted by Crippen LogP contribution is -2.31. The standard InChI is InChI=1S/C15H20ClNO4/c1-10-8-21-14-4-3-12(20-9-11(6-16)7-18)5-13(14)17(2)15(10)19/h3-5,10-11,18H,6-9H2,1-2H3/t10-,11?/m0/s1. The number of aliphatic hydroxyl groups is 1. The SMILES string of the molecule is C[C@H]1COc2ccc(OCC(CO)CCl)cc2N(C)C1=O.